The van der Waals surface area contributed by atoms with Gasteiger partial charge in [-0.05, 0) is 45.0 Å². The summed E-state index contributed by atoms with van der Waals surface area (Å²) in [7, 11) is 0. The molecular formula is C14H19FN2O3. The first-order valence-electron chi connectivity index (χ1n) is 6.22. The number of halogens is 1. The van der Waals surface area contributed by atoms with Gasteiger partial charge >= 0.3 is 0 Å². The second kappa shape index (κ2) is 6.88. The third-order valence-corrected chi connectivity index (χ3v) is 2.14. The molecule has 0 unspecified atom stereocenters. The van der Waals surface area contributed by atoms with Crippen molar-refractivity contribution in [3.63, 3.8) is 0 Å². The van der Waals surface area contributed by atoms with Crippen molar-refractivity contribution in [3.05, 3.63) is 30.1 Å². The van der Waals surface area contributed by atoms with E-state index in [9.17, 15) is 14.0 Å². The van der Waals surface area contributed by atoms with Crippen molar-refractivity contribution in [1.29, 1.82) is 0 Å². The molecule has 0 saturated carbocycles. The molecule has 0 heterocycles. The normalized spacial score (nSPS) is 10.8. The molecule has 20 heavy (non-hydrogen) atoms. The molecule has 0 fully saturated rings. The van der Waals surface area contributed by atoms with E-state index in [1.54, 1.807) is 0 Å². The molecule has 2 N–H and O–H groups in total. The van der Waals surface area contributed by atoms with Gasteiger partial charge in [-0.3, -0.25) is 9.59 Å². The zero-order valence-electron chi connectivity index (χ0n) is 11.8. The highest BCUT2D eigenvalue weighted by atomic mass is 19.1. The van der Waals surface area contributed by atoms with Crippen molar-refractivity contribution in [2.75, 3.05) is 13.2 Å². The first-order chi connectivity index (χ1) is 9.26. The van der Waals surface area contributed by atoms with Gasteiger partial charge in [0, 0.05) is 5.54 Å². The van der Waals surface area contributed by atoms with Crippen LogP contribution in [-0.4, -0.2) is 30.5 Å². The molecule has 0 atom stereocenters. The smallest absolute Gasteiger partial charge is 0.258 e. The molecule has 2 amide bonds. The maximum atomic E-state index is 12.7. The Bertz CT molecular complexity index is 466. The Morgan fingerprint density at radius 3 is 2.30 bits per heavy atom. The lowest BCUT2D eigenvalue weighted by Gasteiger charge is -2.20. The predicted octanol–water partition coefficient (Wildman–Crippen LogP) is 1.24. The van der Waals surface area contributed by atoms with E-state index in [4.69, 9.17) is 4.74 Å². The number of carbonyl (C=O) groups is 2. The van der Waals surface area contributed by atoms with Crippen molar-refractivity contribution in [1.82, 2.24) is 10.6 Å². The van der Waals surface area contributed by atoms with E-state index in [2.05, 4.69) is 10.6 Å². The molecule has 5 nitrogen and oxygen atoms in total. The van der Waals surface area contributed by atoms with Crippen LogP contribution in [0.4, 0.5) is 4.39 Å². The maximum absolute atomic E-state index is 12.7. The average Bonchev–Trinajstić information content (AvgIpc) is 2.33. The van der Waals surface area contributed by atoms with E-state index >= 15 is 0 Å². The molecule has 1 aromatic rings. The monoisotopic (exact) mass is 282 g/mol. The van der Waals surface area contributed by atoms with Gasteiger partial charge in [0.25, 0.3) is 5.91 Å². The number of ether oxygens (including phenoxy) is 1. The molecule has 0 bridgehead atoms. The lowest BCUT2D eigenvalue weighted by molar-refractivity contribution is -0.127. The first kappa shape index (κ1) is 15.9. The third-order valence-electron chi connectivity index (χ3n) is 2.14. The topological polar surface area (TPSA) is 67.4 Å². The van der Waals surface area contributed by atoms with E-state index in [1.165, 1.54) is 24.3 Å². The molecule has 0 radical (unpaired) electrons. The van der Waals surface area contributed by atoms with Gasteiger partial charge in [-0.2, -0.15) is 0 Å². The number of benzene rings is 1. The predicted molar refractivity (Wildman–Crippen MR) is 72.8 cm³/mol. The zero-order valence-corrected chi connectivity index (χ0v) is 11.8. The molecule has 0 aliphatic carbocycles. The Kier molecular flexibility index (Phi) is 5.49. The van der Waals surface area contributed by atoms with Crippen LogP contribution in [0.5, 0.6) is 5.75 Å². The van der Waals surface area contributed by atoms with Crippen LogP contribution >= 0.6 is 0 Å². The zero-order chi connectivity index (χ0) is 15.2. The van der Waals surface area contributed by atoms with Crippen molar-refractivity contribution < 1.29 is 18.7 Å². The van der Waals surface area contributed by atoms with Crippen molar-refractivity contribution in [2.45, 2.75) is 26.3 Å². The van der Waals surface area contributed by atoms with Gasteiger partial charge in [0.1, 0.15) is 11.6 Å². The van der Waals surface area contributed by atoms with Gasteiger partial charge < -0.3 is 15.4 Å². The van der Waals surface area contributed by atoms with Crippen molar-refractivity contribution in [2.24, 2.45) is 0 Å². The summed E-state index contributed by atoms with van der Waals surface area (Å²) >= 11 is 0. The van der Waals surface area contributed by atoms with Gasteiger partial charge in [0.15, 0.2) is 6.61 Å². The van der Waals surface area contributed by atoms with Crippen LogP contribution in [-0.2, 0) is 9.59 Å². The summed E-state index contributed by atoms with van der Waals surface area (Å²) in [5.41, 5.74) is -0.341. The maximum Gasteiger partial charge on any atom is 0.258 e. The first-order valence-corrected chi connectivity index (χ1v) is 6.22. The van der Waals surface area contributed by atoms with Gasteiger partial charge in [-0.25, -0.2) is 4.39 Å². The molecule has 6 heteroatoms. The van der Waals surface area contributed by atoms with E-state index in [1.807, 2.05) is 20.8 Å². The van der Waals surface area contributed by atoms with E-state index < -0.39 is 5.91 Å². The summed E-state index contributed by atoms with van der Waals surface area (Å²) < 4.78 is 17.8. The largest absolute Gasteiger partial charge is 0.484 e. The molecule has 0 saturated heterocycles. The van der Waals surface area contributed by atoms with Gasteiger partial charge in [-0.15, -0.1) is 0 Å². The Balaban J connectivity index is 2.27. The highest BCUT2D eigenvalue weighted by molar-refractivity contribution is 5.85. The van der Waals surface area contributed by atoms with Crippen molar-refractivity contribution in [3.8, 4) is 5.75 Å². The van der Waals surface area contributed by atoms with E-state index in [0.29, 0.717) is 5.75 Å². The molecule has 0 aliphatic rings. The molecule has 0 aliphatic heterocycles. The molecular weight excluding hydrogens is 263 g/mol. The summed E-state index contributed by atoms with van der Waals surface area (Å²) in [5.74, 6) is -0.674. The minimum absolute atomic E-state index is 0.108. The highest BCUT2D eigenvalue weighted by Crippen LogP contribution is 2.10. The highest BCUT2D eigenvalue weighted by Gasteiger charge is 2.14. The molecule has 0 spiro atoms. The van der Waals surface area contributed by atoms with Gasteiger partial charge in [-0.1, -0.05) is 0 Å². The fourth-order valence-electron chi connectivity index (χ4n) is 1.37. The second-order valence-electron chi connectivity index (χ2n) is 5.32. The van der Waals surface area contributed by atoms with E-state index in [0.717, 1.165) is 0 Å². The second-order valence-corrected chi connectivity index (χ2v) is 5.32. The summed E-state index contributed by atoms with van der Waals surface area (Å²) in [5, 5.41) is 5.15. The number of carbonyl (C=O) groups excluding carboxylic acids is 2. The number of rotatable bonds is 5. The van der Waals surface area contributed by atoms with Crippen LogP contribution in [0.3, 0.4) is 0 Å². The van der Waals surface area contributed by atoms with Crippen LogP contribution in [0, 0.1) is 5.82 Å². The number of hydrogen-bond donors (Lipinski definition) is 2. The Morgan fingerprint density at radius 2 is 1.75 bits per heavy atom. The molecule has 1 rings (SSSR count). The number of nitrogens with one attached hydrogen (secondary N) is 2. The Labute approximate surface area is 117 Å². The molecule has 1 aromatic carbocycles. The fraction of sp³-hybridized carbons (Fsp3) is 0.429. The minimum Gasteiger partial charge on any atom is -0.484 e. The van der Waals surface area contributed by atoms with Crippen LogP contribution < -0.4 is 15.4 Å². The number of amides is 2. The lowest BCUT2D eigenvalue weighted by atomic mass is 10.1. The standard InChI is InChI=1S/C14H19FN2O3/c1-14(2,3)17-12(18)8-16-13(19)9-20-11-6-4-10(15)5-7-11/h4-7H,8-9H2,1-3H3,(H,16,19)(H,17,18). The van der Waals surface area contributed by atoms with Crippen molar-refractivity contribution >= 4 is 11.8 Å². The summed E-state index contributed by atoms with van der Waals surface area (Å²) in [6.45, 7) is 5.22. The van der Waals surface area contributed by atoms with E-state index in [-0.39, 0.29) is 30.4 Å². The molecule has 0 aromatic heterocycles. The molecule has 110 valence electrons. The van der Waals surface area contributed by atoms with Crippen LogP contribution in [0.25, 0.3) is 0 Å². The third kappa shape index (κ3) is 6.72. The SMILES string of the molecule is CC(C)(C)NC(=O)CNC(=O)COc1ccc(F)cc1. The lowest BCUT2D eigenvalue weighted by Crippen LogP contribution is -2.46. The van der Waals surface area contributed by atoms with Gasteiger partial charge in [0.05, 0.1) is 6.54 Å². The van der Waals surface area contributed by atoms with Crippen LogP contribution in [0.15, 0.2) is 24.3 Å². The van der Waals surface area contributed by atoms with Crippen LogP contribution in [0.1, 0.15) is 20.8 Å². The average molecular weight is 282 g/mol. The Morgan fingerprint density at radius 1 is 1.15 bits per heavy atom. The quantitative estimate of drug-likeness (QED) is 0.853. The summed E-state index contributed by atoms with van der Waals surface area (Å²) in [4.78, 5) is 22.9. The fourth-order valence-corrected chi connectivity index (χ4v) is 1.37. The summed E-state index contributed by atoms with van der Waals surface area (Å²) in [6, 6.07) is 5.33. The van der Waals surface area contributed by atoms with Crippen LogP contribution in [0.2, 0.25) is 0 Å². The minimum atomic E-state index is -0.418. The number of hydrogen-bond acceptors (Lipinski definition) is 3. The van der Waals surface area contributed by atoms with Gasteiger partial charge in [0.2, 0.25) is 5.91 Å². The summed E-state index contributed by atoms with van der Waals surface area (Å²) in [6.07, 6.45) is 0. The Hall–Kier alpha value is -2.11.